The first kappa shape index (κ1) is 15.3. The zero-order valence-electron chi connectivity index (χ0n) is 11.9. The number of rotatable bonds is 6. The maximum atomic E-state index is 12.1. The monoisotopic (exact) mass is 288 g/mol. The second-order valence-electron chi connectivity index (χ2n) is 5.99. The molecule has 0 aromatic heterocycles. The summed E-state index contributed by atoms with van der Waals surface area (Å²) in [5.41, 5.74) is 0. The predicted molar refractivity (Wildman–Crippen MR) is 79.2 cm³/mol. The Morgan fingerprint density at radius 2 is 1.79 bits per heavy atom. The molecule has 112 valence electrons. The Hall–Kier alpha value is -0.130. The van der Waals surface area contributed by atoms with E-state index in [-0.39, 0.29) is 0 Å². The van der Waals surface area contributed by atoms with Gasteiger partial charge in [0.05, 0.1) is 11.5 Å². The summed E-state index contributed by atoms with van der Waals surface area (Å²) in [7, 11) is -2.86. The minimum absolute atomic E-state index is 0.347. The van der Waals surface area contributed by atoms with Crippen molar-refractivity contribution in [2.75, 3.05) is 37.7 Å². The van der Waals surface area contributed by atoms with Gasteiger partial charge in [0.1, 0.15) is 0 Å². The van der Waals surface area contributed by atoms with Crippen LogP contribution in [-0.4, -0.2) is 57.0 Å². The molecule has 0 aromatic carbocycles. The third kappa shape index (κ3) is 5.79. The fraction of sp³-hybridized carbons (Fsp3) is 1.00. The summed E-state index contributed by atoms with van der Waals surface area (Å²) in [6.45, 7) is 3.96. The molecule has 2 fully saturated rings. The van der Waals surface area contributed by atoms with Gasteiger partial charge in [-0.25, -0.2) is 8.42 Å². The van der Waals surface area contributed by atoms with Gasteiger partial charge < -0.3 is 10.2 Å². The Morgan fingerprint density at radius 1 is 1.00 bits per heavy atom. The van der Waals surface area contributed by atoms with Crippen molar-refractivity contribution < 1.29 is 8.42 Å². The highest BCUT2D eigenvalue weighted by atomic mass is 32.2. The molecule has 4 nitrogen and oxygen atoms in total. The van der Waals surface area contributed by atoms with Crippen LogP contribution in [0.15, 0.2) is 0 Å². The number of nitrogens with one attached hydrogen (secondary N) is 1. The van der Waals surface area contributed by atoms with E-state index < -0.39 is 9.84 Å². The van der Waals surface area contributed by atoms with Crippen molar-refractivity contribution >= 4 is 9.84 Å². The first-order chi connectivity index (χ1) is 9.16. The van der Waals surface area contributed by atoms with Gasteiger partial charge in [-0.2, -0.15) is 0 Å². The average Bonchev–Trinajstić information content (AvgIpc) is 2.46. The lowest BCUT2D eigenvalue weighted by Gasteiger charge is -2.26. The van der Waals surface area contributed by atoms with Crippen LogP contribution in [0.5, 0.6) is 0 Å². The molecule has 2 aliphatic rings. The molecule has 0 bridgehead atoms. The Bertz CT molecular complexity index is 316. The normalized spacial score (nSPS) is 26.4. The van der Waals surface area contributed by atoms with Crippen molar-refractivity contribution in [1.82, 2.24) is 10.2 Å². The molecule has 0 aliphatic carbocycles. The zero-order valence-corrected chi connectivity index (χ0v) is 12.8. The van der Waals surface area contributed by atoms with Crippen molar-refractivity contribution in [3.05, 3.63) is 0 Å². The summed E-state index contributed by atoms with van der Waals surface area (Å²) >= 11 is 0. The highest BCUT2D eigenvalue weighted by molar-refractivity contribution is 7.91. The minimum atomic E-state index is -2.86. The van der Waals surface area contributed by atoms with Gasteiger partial charge in [-0.15, -0.1) is 0 Å². The Balaban J connectivity index is 1.65. The molecule has 1 N–H and O–H groups in total. The maximum absolute atomic E-state index is 12.1. The summed E-state index contributed by atoms with van der Waals surface area (Å²) in [4.78, 5) is 2.31. The molecule has 0 saturated carbocycles. The van der Waals surface area contributed by atoms with E-state index in [1.165, 1.54) is 32.1 Å². The van der Waals surface area contributed by atoms with Gasteiger partial charge in [0.15, 0.2) is 9.84 Å². The molecule has 0 amide bonds. The van der Waals surface area contributed by atoms with Crippen LogP contribution >= 0.6 is 0 Å². The number of nitrogens with zero attached hydrogens (tertiary/aromatic N) is 1. The molecule has 2 heterocycles. The summed E-state index contributed by atoms with van der Waals surface area (Å²) < 4.78 is 24.1. The molecule has 1 unspecified atom stereocenters. The van der Waals surface area contributed by atoms with Gasteiger partial charge >= 0.3 is 0 Å². The van der Waals surface area contributed by atoms with Crippen LogP contribution in [0.25, 0.3) is 0 Å². The standard InChI is InChI=1S/C14H28N2O2S/c17-19(18,12-7-14-6-2-3-8-15-14)13-11-16-9-4-1-5-10-16/h14-15H,1-13H2. The van der Waals surface area contributed by atoms with E-state index in [1.54, 1.807) is 0 Å². The largest absolute Gasteiger partial charge is 0.314 e. The van der Waals surface area contributed by atoms with E-state index in [4.69, 9.17) is 0 Å². The quantitative estimate of drug-likeness (QED) is 0.803. The smallest absolute Gasteiger partial charge is 0.151 e. The highest BCUT2D eigenvalue weighted by Crippen LogP contribution is 2.12. The molecule has 2 saturated heterocycles. The van der Waals surface area contributed by atoms with Crippen molar-refractivity contribution in [3.8, 4) is 0 Å². The third-order valence-corrected chi connectivity index (χ3v) is 6.02. The lowest BCUT2D eigenvalue weighted by Crippen LogP contribution is -2.37. The number of piperidine rings is 2. The van der Waals surface area contributed by atoms with Crippen molar-refractivity contribution in [2.45, 2.75) is 51.0 Å². The predicted octanol–water partition coefficient (Wildman–Crippen LogP) is 1.42. The second-order valence-corrected chi connectivity index (χ2v) is 8.29. The number of hydrogen-bond acceptors (Lipinski definition) is 4. The number of likely N-dealkylation sites (tertiary alicyclic amines) is 1. The fourth-order valence-electron chi connectivity index (χ4n) is 3.05. The van der Waals surface area contributed by atoms with Gasteiger partial charge in [0.2, 0.25) is 0 Å². The van der Waals surface area contributed by atoms with Crippen LogP contribution in [0.1, 0.15) is 44.9 Å². The number of sulfone groups is 1. The van der Waals surface area contributed by atoms with Gasteiger partial charge in [-0.05, 0) is 51.7 Å². The van der Waals surface area contributed by atoms with Crippen molar-refractivity contribution in [1.29, 1.82) is 0 Å². The number of hydrogen-bond donors (Lipinski definition) is 1. The van der Waals surface area contributed by atoms with Crippen LogP contribution in [0.4, 0.5) is 0 Å². The van der Waals surface area contributed by atoms with Gasteiger partial charge in [-0.1, -0.05) is 12.8 Å². The second kappa shape index (κ2) is 7.60. The molecule has 0 radical (unpaired) electrons. The van der Waals surface area contributed by atoms with E-state index in [2.05, 4.69) is 10.2 Å². The average molecular weight is 288 g/mol. The van der Waals surface area contributed by atoms with Crippen LogP contribution in [0.2, 0.25) is 0 Å². The van der Waals surface area contributed by atoms with E-state index in [0.717, 1.165) is 39.0 Å². The fourth-order valence-corrected chi connectivity index (χ4v) is 4.43. The first-order valence-electron chi connectivity index (χ1n) is 7.82. The van der Waals surface area contributed by atoms with E-state index >= 15 is 0 Å². The molecular weight excluding hydrogens is 260 g/mol. The van der Waals surface area contributed by atoms with E-state index in [1.807, 2.05) is 0 Å². The Kier molecular flexibility index (Phi) is 6.10. The third-order valence-electron chi connectivity index (χ3n) is 4.36. The van der Waals surface area contributed by atoms with Crippen LogP contribution < -0.4 is 5.32 Å². The molecule has 2 aliphatic heterocycles. The molecule has 2 rings (SSSR count). The van der Waals surface area contributed by atoms with E-state index in [9.17, 15) is 8.42 Å². The summed E-state index contributed by atoms with van der Waals surface area (Å²) in [6, 6.07) is 0.429. The van der Waals surface area contributed by atoms with Crippen LogP contribution in [-0.2, 0) is 9.84 Å². The van der Waals surface area contributed by atoms with Gasteiger partial charge in [0.25, 0.3) is 0 Å². The lowest BCUT2D eigenvalue weighted by molar-refractivity contribution is 0.241. The van der Waals surface area contributed by atoms with E-state index in [0.29, 0.717) is 17.5 Å². The summed E-state index contributed by atoms with van der Waals surface area (Å²) in [6.07, 6.45) is 8.17. The first-order valence-corrected chi connectivity index (χ1v) is 9.64. The van der Waals surface area contributed by atoms with Crippen molar-refractivity contribution in [3.63, 3.8) is 0 Å². The van der Waals surface area contributed by atoms with Gasteiger partial charge in [0, 0.05) is 12.6 Å². The molecule has 1 atom stereocenters. The Morgan fingerprint density at radius 3 is 2.47 bits per heavy atom. The summed E-state index contributed by atoms with van der Waals surface area (Å²) in [5, 5.41) is 3.42. The van der Waals surface area contributed by atoms with Crippen LogP contribution in [0.3, 0.4) is 0 Å². The van der Waals surface area contributed by atoms with Gasteiger partial charge in [-0.3, -0.25) is 0 Å². The lowest BCUT2D eigenvalue weighted by atomic mass is 10.0. The molecule has 0 aromatic rings. The van der Waals surface area contributed by atoms with Crippen LogP contribution in [0, 0.1) is 0 Å². The molecule has 19 heavy (non-hydrogen) atoms. The SMILES string of the molecule is O=S(=O)(CCC1CCCCN1)CCN1CCCCC1. The maximum Gasteiger partial charge on any atom is 0.151 e. The Labute approximate surface area is 117 Å². The molecule has 0 spiro atoms. The molecular formula is C14H28N2O2S. The zero-order chi connectivity index (χ0) is 13.6. The van der Waals surface area contributed by atoms with Crippen molar-refractivity contribution in [2.24, 2.45) is 0 Å². The topological polar surface area (TPSA) is 49.4 Å². The molecule has 5 heteroatoms. The highest BCUT2D eigenvalue weighted by Gasteiger charge is 2.19. The minimum Gasteiger partial charge on any atom is -0.314 e. The summed E-state index contributed by atoms with van der Waals surface area (Å²) in [5.74, 6) is 0.707.